The van der Waals surface area contributed by atoms with E-state index in [0.29, 0.717) is 12.8 Å². The van der Waals surface area contributed by atoms with Gasteiger partial charge >= 0.3 is 11.9 Å². The van der Waals surface area contributed by atoms with Gasteiger partial charge in [0.05, 0.1) is 0 Å². The standard InChI is InChI=1S/C20H25N3O2.C16H17NO2/c1-21-19(20(24)25)14-15-3-2-4-17(13-15)16-5-7-18(8-6-16)23-11-9-22-10-12-23;1-17(14-10-6-3-7-11-14)15(16(18)19)12-13-8-4-2-5-9-13/h2-8,13,19,21-22H,9-12,14H2,1H3,(H,24,25);2-11,15H,12H2,1H3,(H,18,19)/t19-;15-/m00/s1. The normalized spacial score (nSPS) is 14.1. The van der Waals surface area contributed by atoms with Crippen molar-refractivity contribution in [2.24, 2.45) is 0 Å². The molecule has 0 radical (unpaired) electrons. The Labute approximate surface area is 260 Å². The fourth-order valence-electron chi connectivity index (χ4n) is 5.28. The zero-order valence-electron chi connectivity index (χ0n) is 25.4. The number of carboxylic acid groups (broad SMARTS) is 2. The average molecular weight is 595 g/mol. The summed E-state index contributed by atoms with van der Waals surface area (Å²) in [6.45, 7) is 4.13. The highest BCUT2D eigenvalue weighted by Crippen LogP contribution is 2.25. The molecule has 0 saturated carbocycles. The van der Waals surface area contributed by atoms with Crippen molar-refractivity contribution in [2.75, 3.05) is 50.1 Å². The highest BCUT2D eigenvalue weighted by Gasteiger charge is 2.23. The topological polar surface area (TPSA) is 105 Å². The summed E-state index contributed by atoms with van der Waals surface area (Å²) in [6.07, 6.45) is 0.958. The molecule has 1 saturated heterocycles. The second-order valence-corrected chi connectivity index (χ2v) is 10.9. The van der Waals surface area contributed by atoms with E-state index < -0.39 is 24.0 Å². The van der Waals surface area contributed by atoms with Crippen LogP contribution < -0.4 is 20.4 Å². The van der Waals surface area contributed by atoms with Gasteiger partial charge in [-0.3, -0.25) is 4.79 Å². The van der Waals surface area contributed by atoms with Crippen LogP contribution in [0.3, 0.4) is 0 Å². The maximum atomic E-state index is 11.5. The predicted octanol–water partition coefficient (Wildman–Crippen LogP) is 4.80. The number of nitrogens with one attached hydrogen (secondary N) is 2. The van der Waals surface area contributed by atoms with Crippen LogP contribution in [0, 0.1) is 0 Å². The van der Waals surface area contributed by atoms with Gasteiger partial charge in [-0.15, -0.1) is 0 Å². The maximum absolute atomic E-state index is 11.5. The van der Waals surface area contributed by atoms with Crippen LogP contribution in [0.2, 0.25) is 0 Å². The molecule has 0 spiro atoms. The lowest BCUT2D eigenvalue weighted by Gasteiger charge is -2.29. The molecule has 4 aromatic carbocycles. The van der Waals surface area contributed by atoms with Crippen LogP contribution in [-0.4, -0.2) is 74.5 Å². The van der Waals surface area contributed by atoms with Gasteiger partial charge in [-0.05, 0) is 60.0 Å². The second kappa shape index (κ2) is 16.3. The Hall–Kier alpha value is -4.66. The van der Waals surface area contributed by atoms with Crippen LogP contribution in [0.4, 0.5) is 11.4 Å². The van der Waals surface area contributed by atoms with Gasteiger partial charge in [0.1, 0.15) is 12.1 Å². The van der Waals surface area contributed by atoms with Crippen LogP contribution in [0.5, 0.6) is 0 Å². The van der Waals surface area contributed by atoms with Crippen LogP contribution >= 0.6 is 0 Å². The Morgan fingerprint density at radius 3 is 1.98 bits per heavy atom. The molecule has 0 amide bonds. The Bertz CT molecular complexity index is 1460. The molecule has 8 heteroatoms. The quantitative estimate of drug-likeness (QED) is 0.196. The Morgan fingerprint density at radius 2 is 1.39 bits per heavy atom. The van der Waals surface area contributed by atoms with Crippen molar-refractivity contribution < 1.29 is 19.8 Å². The van der Waals surface area contributed by atoms with Gasteiger partial charge in [-0.2, -0.15) is 0 Å². The second-order valence-electron chi connectivity index (χ2n) is 10.9. The van der Waals surface area contributed by atoms with Crippen molar-refractivity contribution >= 4 is 23.3 Å². The molecule has 0 aliphatic carbocycles. The number of carboxylic acids is 2. The number of piperazine rings is 1. The van der Waals surface area contributed by atoms with Crippen molar-refractivity contribution in [2.45, 2.75) is 24.9 Å². The molecular weight excluding hydrogens is 552 g/mol. The minimum Gasteiger partial charge on any atom is -0.480 e. The number of nitrogens with zero attached hydrogens (tertiary/aromatic N) is 2. The number of hydrogen-bond donors (Lipinski definition) is 4. The number of anilines is 2. The first kappa shape index (κ1) is 32.3. The largest absolute Gasteiger partial charge is 0.480 e. The number of rotatable bonds is 11. The van der Waals surface area contributed by atoms with Crippen LogP contribution in [0.15, 0.2) is 109 Å². The maximum Gasteiger partial charge on any atom is 0.326 e. The minimum atomic E-state index is -0.826. The highest BCUT2D eigenvalue weighted by atomic mass is 16.4. The van der Waals surface area contributed by atoms with Crippen molar-refractivity contribution in [1.82, 2.24) is 10.6 Å². The molecule has 44 heavy (non-hydrogen) atoms. The van der Waals surface area contributed by atoms with Crippen molar-refractivity contribution in [3.8, 4) is 11.1 Å². The van der Waals surface area contributed by atoms with Gasteiger partial charge in [0.25, 0.3) is 0 Å². The third kappa shape index (κ3) is 9.17. The summed E-state index contributed by atoms with van der Waals surface area (Å²) >= 11 is 0. The smallest absolute Gasteiger partial charge is 0.326 e. The number of hydrogen-bond acceptors (Lipinski definition) is 6. The van der Waals surface area contributed by atoms with Crippen LogP contribution in [-0.2, 0) is 22.4 Å². The molecule has 4 N–H and O–H groups in total. The fourth-order valence-corrected chi connectivity index (χ4v) is 5.28. The molecule has 0 aromatic heterocycles. The summed E-state index contributed by atoms with van der Waals surface area (Å²) in [7, 11) is 3.49. The van der Waals surface area contributed by atoms with Gasteiger partial charge in [0.15, 0.2) is 0 Å². The van der Waals surface area contributed by atoms with E-state index in [1.54, 1.807) is 11.9 Å². The van der Waals surface area contributed by atoms with Crippen molar-refractivity contribution in [1.29, 1.82) is 0 Å². The lowest BCUT2D eigenvalue weighted by Crippen LogP contribution is -2.43. The molecule has 1 aliphatic rings. The zero-order chi connectivity index (χ0) is 31.3. The molecule has 1 aliphatic heterocycles. The van der Waals surface area contributed by atoms with Gasteiger partial charge in [-0.1, -0.05) is 84.9 Å². The van der Waals surface area contributed by atoms with E-state index in [0.717, 1.165) is 54.1 Å². The lowest BCUT2D eigenvalue weighted by atomic mass is 9.99. The first-order chi connectivity index (χ1) is 21.4. The third-order valence-corrected chi connectivity index (χ3v) is 7.88. The molecule has 230 valence electrons. The molecular formula is C36H42N4O4. The van der Waals surface area contributed by atoms with E-state index >= 15 is 0 Å². The predicted molar refractivity (Wildman–Crippen MR) is 178 cm³/mol. The molecule has 0 unspecified atom stereocenters. The fraction of sp³-hybridized carbons (Fsp3) is 0.278. The molecule has 1 fully saturated rings. The summed E-state index contributed by atoms with van der Waals surface area (Å²) in [5.41, 5.74) is 6.47. The lowest BCUT2D eigenvalue weighted by molar-refractivity contribution is -0.139. The Morgan fingerprint density at radius 1 is 0.773 bits per heavy atom. The van der Waals surface area contributed by atoms with Crippen molar-refractivity contribution in [3.63, 3.8) is 0 Å². The Balaban J connectivity index is 0.000000209. The summed E-state index contributed by atoms with van der Waals surface area (Å²) in [6, 6.07) is 34.9. The third-order valence-electron chi connectivity index (χ3n) is 7.88. The monoisotopic (exact) mass is 594 g/mol. The zero-order valence-corrected chi connectivity index (χ0v) is 25.4. The molecule has 2 atom stereocenters. The van der Waals surface area contributed by atoms with Crippen molar-refractivity contribution in [3.05, 3.63) is 120 Å². The minimum absolute atomic E-state index is 0.471. The first-order valence-electron chi connectivity index (χ1n) is 15.0. The van der Waals surface area contributed by atoms with E-state index in [9.17, 15) is 19.8 Å². The van der Waals surface area contributed by atoms with E-state index in [1.807, 2.05) is 79.8 Å². The van der Waals surface area contributed by atoms with Gasteiger partial charge in [0.2, 0.25) is 0 Å². The van der Waals surface area contributed by atoms with E-state index in [2.05, 4.69) is 51.9 Å². The summed E-state index contributed by atoms with van der Waals surface area (Å²) in [5, 5.41) is 24.8. The summed E-state index contributed by atoms with van der Waals surface area (Å²) in [5.74, 6) is -1.64. The van der Waals surface area contributed by atoms with Crippen LogP contribution in [0.25, 0.3) is 11.1 Å². The number of carbonyl (C=O) groups is 2. The van der Waals surface area contributed by atoms with E-state index in [1.165, 1.54) is 5.69 Å². The number of aliphatic carboxylic acids is 2. The molecule has 1 heterocycles. The van der Waals surface area contributed by atoms with Gasteiger partial charge in [-0.25, -0.2) is 4.79 Å². The molecule has 4 aromatic rings. The first-order valence-corrected chi connectivity index (χ1v) is 15.0. The molecule has 5 rings (SSSR count). The molecule has 8 nitrogen and oxygen atoms in total. The summed E-state index contributed by atoms with van der Waals surface area (Å²) in [4.78, 5) is 26.9. The van der Waals surface area contributed by atoms with Gasteiger partial charge in [0, 0.05) is 51.0 Å². The van der Waals surface area contributed by atoms with E-state index in [-0.39, 0.29) is 0 Å². The Kier molecular flexibility index (Phi) is 11.9. The molecule has 0 bridgehead atoms. The number of likely N-dealkylation sites (N-methyl/N-ethyl adjacent to an activating group) is 2. The highest BCUT2D eigenvalue weighted by molar-refractivity contribution is 5.78. The average Bonchev–Trinajstić information content (AvgIpc) is 3.07. The summed E-state index contributed by atoms with van der Waals surface area (Å²) < 4.78 is 0. The van der Waals surface area contributed by atoms with E-state index in [4.69, 9.17) is 0 Å². The van der Waals surface area contributed by atoms with Crippen LogP contribution in [0.1, 0.15) is 11.1 Å². The van der Waals surface area contributed by atoms with Gasteiger partial charge < -0.3 is 30.6 Å². The number of benzene rings is 4. The SMILES string of the molecule is CN(c1ccccc1)[C@@H](Cc1ccccc1)C(=O)O.CN[C@@H](Cc1cccc(-c2ccc(N3CCNCC3)cc2)c1)C(=O)O. The number of para-hydroxylation sites is 1.